The third-order valence-electron chi connectivity index (χ3n) is 2.15. The molecule has 0 radical (unpaired) electrons. The highest BCUT2D eigenvalue weighted by molar-refractivity contribution is 7.10. The maximum absolute atomic E-state index is 8.98. The van der Waals surface area contributed by atoms with Gasteiger partial charge in [-0.1, -0.05) is 30.3 Å². The molecule has 0 atom stereocenters. The minimum absolute atomic E-state index is 0.319. The Morgan fingerprint density at radius 3 is 2.89 bits per heavy atom. The average Bonchev–Trinajstić information content (AvgIpc) is 2.82. The highest BCUT2D eigenvalue weighted by Gasteiger charge is 2.12. The van der Waals surface area contributed by atoms with Crippen molar-refractivity contribution in [2.24, 2.45) is 5.10 Å². The normalized spacial score (nSPS) is 10.2. The van der Waals surface area contributed by atoms with Gasteiger partial charge < -0.3 is 4.74 Å². The second-order valence-corrected chi connectivity index (χ2v) is 4.06. The van der Waals surface area contributed by atoms with Crippen LogP contribution < -0.4 is 10.2 Å². The number of hydrogen-bond donors (Lipinski definition) is 1. The molecule has 18 heavy (non-hydrogen) atoms. The summed E-state index contributed by atoms with van der Waals surface area (Å²) in [7, 11) is 1.48. The van der Waals surface area contributed by atoms with Crippen molar-refractivity contribution in [1.82, 2.24) is 4.37 Å². The molecule has 1 aromatic heterocycles. The number of nitrogens with zero attached hydrogens (tertiary/aromatic N) is 3. The van der Waals surface area contributed by atoms with Crippen molar-refractivity contribution in [2.75, 3.05) is 12.5 Å². The summed E-state index contributed by atoms with van der Waals surface area (Å²) in [6.07, 6.45) is 1.67. The van der Waals surface area contributed by atoms with Gasteiger partial charge in [0.25, 0.3) is 0 Å². The van der Waals surface area contributed by atoms with Crippen LogP contribution in [0.2, 0.25) is 0 Å². The summed E-state index contributed by atoms with van der Waals surface area (Å²) >= 11 is 1.14. The zero-order valence-corrected chi connectivity index (χ0v) is 10.4. The Hall–Kier alpha value is -2.39. The van der Waals surface area contributed by atoms with Crippen LogP contribution >= 0.6 is 11.5 Å². The number of nitrogens with one attached hydrogen (secondary N) is 1. The Morgan fingerprint density at radius 1 is 1.44 bits per heavy atom. The van der Waals surface area contributed by atoms with Gasteiger partial charge in [-0.2, -0.15) is 14.7 Å². The lowest BCUT2D eigenvalue weighted by Gasteiger charge is -1.96. The molecule has 2 rings (SSSR count). The van der Waals surface area contributed by atoms with Crippen molar-refractivity contribution >= 4 is 22.7 Å². The second-order valence-electron chi connectivity index (χ2n) is 3.29. The van der Waals surface area contributed by atoms with Crippen LogP contribution in [-0.4, -0.2) is 17.7 Å². The first kappa shape index (κ1) is 12.1. The van der Waals surface area contributed by atoms with Gasteiger partial charge in [0.1, 0.15) is 6.07 Å². The second kappa shape index (κ2) is 5.80. The average molecular weight is 258 g/mol. The first-order chi connectivity index (χ1) is 8.85. The van der Waals surface area contributed by atoms with Gasteiger partial charge in [-0.05, 0) is 17.1 Å². The zero-order valence-electron chi connectivity index (χ0n) is 9.62. The van der Waals surface area contributed by atoms with Crippen LogP contribution in [0.5, 0.6) is 5.88 Å². The molecule has 1 heterocycles. The molecule has 90 valence electrons. The summed E-state index contributed by atoms with van der Waals surface area (Å²) in [4.78, 5) is 0. The van der Waals surface area contributed by atoms with Gasteiger partial charge in [-0.25, -0.2) is 0 Å². The minimum atomic E-state index is 0.319. The first-order valence-electron chi connectivity index (χ1n) is 5.13. The Bertz CT molecular complexity index is 586. The van der Waals surface area contributed by atoms with E-state index in [-0.39, 0.29) is 0 Å². The zero-order chi connectivity index (χ0) is 12.8. The summed E-state index contributed by atoms with van der Waals surface area (Å²) in [6, 6.07) is 11.7. The van der Waals surface area contributed by atoms with E-state index in [0.717, 1.165) is 17.1 Å². The molecule has 0 unspecified atom stereocenters. The van der Waals surface area contributed by atoms with Crippen LogP contribution in [-0.2, 0) is 0 Å². The summed E-state index contributed by atoms with van der Waals surface area (Å²) in [5, 5.41) is 13.6. The van der Waals surface area contributed by atoms with Gasteiger partial charge in [0.2, 0.25) is 5.88 Å². The molecule has 0 saturated carbocycles. The number of nitriles is 1. The van der Waals surface area contributed by atoms with Crippen molar-refractivity contribution in [1.29, 1.82) is 5.26 Å². The number of benzene rings is 1. The number of ether oxygens (including phenoxy) is 1. The molecule has 1 N–H and O–H groups in total. The largest absolute Gasteiger partial charge is 0.479 e. The number of hydrogen-bond acceptors (Lipinski definition) is 6. The maximum Gasteiger partial charge on any atom is 0.245 e. The topological polar surface area (TPSA) is 70.3 Å². The predicted molar refractivity (Wildman–Crippen MR) is 71.0 cm³/mol. The fourth-order valence-corrected chi connectivity index (χ4v) is 1.95. The molecular weight excluding hydrogens is 248 g/mol. The van der Waals surface area contributed by atoms with E-state index in [1.54, 1.807) is 6.21 Å². The fraction of sp³-hybridized carbons (Fsp3) is 0.0833. The first-order valence-corrected chi connectivity index (χ1v) is 5.90. The minimum Gasteiger partial charge on any atom is -0.479 e. The number of anilines is 1. The summed E-state index contributed by atoms with van der Waals surface area (Å²) < 4.78 is 8.96. The van der Waals surface area contributed by atoms with Crippen LogP contribution in [0, 0.1) is 11.3 Å². The molecule has 6 heteroatoms. The smallest absolute Gasteiger partial charge is 0.245 e. The van der Waals surface area contributed by atoms with Crippen LogP contribution in [0.15, 0.2) is 35.4 Å². The number of rotatable bonds is 4. The molecule has 0 spiro atoms. The van der Waals surface area contributed by atoms with Crippen LogP contribution in [0.25, 0.3) is 0 Å². The quantitative estimate of drug-likeness (QED) is 0.675. The van der Waals surface area contributed by atoms with Gasteiger partial charge in [0.05, 0.1) is 13.3 Å². The molecule has 0 bridgehead atoms. The van der Waals surface area contributed by atoms with E-state index >= 15 is 0 Å². The van der Waals surface area contributed by atoms with Gasteiger partial charge in [0, 0.05) is 0 Å². The third kappa shape index (κ3) is 2.64. The van der Waals surface area contributed by atoms with Gasteiger partial charge in [-0.15, -0.1) is 0 Å². The molecule has 0 aliphatic rings. The van der Waals surface area contributed by atoms with Crippen molar-refractivity contribution in [3.63, 3.8) is 0 Å². The standard InChI is InChI=1S/C12H10N4OS/c1-17-11-10(7-13)12(18-16-11)15-14-8-9-5-3-2-4-6-9/h2-6,8,15H,1H3/b14-8+. The van der Waals surface area contributed by atoms with Gasteiger partial charge >= 0.3 is 0 Å². The van der Waals surface area contributed by atoms with Crippen molar-refractivity contribution in [2.45, 2.75) is 0 Å². The molecule has 0 amide bonds. The monoisotopic (exact) mass is 258 g/mol. The lowest BCUT2D eigenvalue weighted by Crippen LogP contribution is -1.91. The van der Waals surface area contributed by atoms with Crippen LogP contribution in [0.3, 0.4) is 0 Å². The molecule has 2 aromatic rings. The van der Waals surface area contributed by atoms with Gasteiger partial charge in [0.15, 0.2) is 10.6 Å². The molecule has 0 fully saturated rings. The van der Waals surface area contributed by atoms with E-state index in [1.165, 1.54) is 7.11 Å². The van der Waals surface area contributed by atoms with E-state index in [4.69, 9.17) is 10.00 Å². The van der Waals surface area contributed by atoms with Crippen LogP contribution in [0.4, 0.5) is 5.00 Å². The van der Waals surface area contributed by atoms with E-state index in [0.29, 0.717) is 16.4 Å². The lowest BCUT2D eigenvalue weighted by molar-refractivity contribution is 0.401. The highest BCUT2D eigenvalue weighted by atomic mass is 32.1. The van der Waals surface area contributed by atoms with Crippen LogP contribution in [0.1, 0.15) is 11.1 Å². The lowest BCUT2D eigenvalue weighted by atomic mass is 10.2. The Balaban J connectivity index is 2.09. The van der Waals surface area contributed by atoms with Gasteiger partial charge in [-0.3, -0.25) is 5.43 Å². The van der Waals surface area contributed by atoms with Crippen molar-refractivity contribution in [3.8, 4) is 11.9 Å². The maximum atomic E-state index is 8.98. The molecule has 5 nitrogen and oxygen atoms in total. The van der Waals surface area contributed by atoms with E-state index in [1.807, 2.05) is 36.4 Å². The van der Waals surface area contributed by atoms with E-state index < -0.39 is 0 Å². The summed E-state index contributed by atoms with van der Waals surface area (Å²) in [5.41, 5.74) is 4.13. The van der Waals surface area contributed by atoms with E-state index in [9.17, 15) is 0 Å². The number of aromatic nitrogens is 1. The molecule has 0 aliphatic carbocycles. The molecule has 0 aliphatic heterocycles. The molecule has 0 saturated heterocycles. The fourth-order valence-electron chi connectivity index (χ4n) is 1.29. The Kier molecular flexibility index (Phi) is 3.89. The van der Waals surface area contributed by atoms with Crippen molar-refractivity contribution < 1.29 is 4.74 Å². The summed E-state index contributed by atoms with van der Waals surface area (Å²) in [6.45, 7) is 0. The Morgan fingerprint density at radius 2 is 2.22 bits per heavy atom. The molecular formula is C12H10N4OS. The van der Waals surface area contributed by atoms with E-state index in [2.05, 4.69) is 14.9 Å². The predicted octanol–water partition coefficient (Wildman–Crippen LogP) is 2.47. The third-order valence-corrected chi connectivity index (χ3v) is 2.88. The Labute approximate surface area is 109 Å². The molecule has 1 aromatic carbocycles. The summed E-state index contributed by atoms with van der Waals surface area (Å²) in [5.74, 6) is 0.319. The highest BCUT2D eigenvalue weighted by Crippen LogP contribution is 2.29. The number of hydrazone groups is 1. The van der Waals surface area contributed by atoms with Crippen molar-refractivity contribution in [3.05, 3.63) is 41.5 Å². The number of methoxy groups -OCH3 is 1. The SMILES string of the molecule is COc1nsc(N/N=C/c2ccccc2)c1C#N.